The summed E-state index contributed by atoms with van der Waals surface area (Å²) in [4.78, 5) is 10.6. The van der Waals surface area contributed by atoms with Crippen molar-refractivity contribution < 1.29 is 4.79 Å². The largest absolute Gasteiger partial charge is 0.352 e. The third kappa shape index (κ3) is 1.99. The predicted octanol–water partition coefficient (Wildman–Crippen LogP) is -0.127. The van der Waals surface area contributed by atoms with Crippen molar-refractivity contribution in [2.45, 2.75) is 32.4 Å². The van der Waals surface area contributed by atoms with Crippen LogP contribution in [0, 0.1) is 0 Å². The molecule has 0 bridgehead atoms. The Morgan fingerprint density at radius 1 is 1.70 bits per heavy atom. The van der Waals surface area contributed by atoms with Crippen LogP contribution in [-0.4, -0.2) is 24.5 Å². The zero-order chi connectivity index (χ0) is 7.56. The van der Waals surface area contributed by atoms with Gasteiger partial charge in [-0.05, 0) is 13.3 Å². The topological polar surface area (TPSA) is 41.1 Å². The second-order valence-corrected chi connectivity index (χ2v) is 2.94. The van der Waals surface area contributed by atoms with Crippen molar-refractivity contribution >= 4 is 5.91 Å². The zero-order valence-electron chi connectivity index (χ0n) is 6.48. The van der Waals surface area contributed by atoms with Gasteiger partial charge in [0.05, 0.1) is 0 Å². The lowest BCUT2D eigenvalue weighted by molar-refractivity contribution is -0.119. The van der Waals surface area contributed by atoms with Gasteiger partial charge >= 0.3 is 0 Å². The Balaban J connectivity index is 2.24. The second kappa shape index (κ2) is 3.01. The summed E-state index contributed by atoms with van der Waals surface area (Å²) in [6.45, 7) is 4.60. The Morgan fingerprint density at radius 2 is 2.40 bits per heavy atom. The van der Waals surface area contributed by atoms with Crippen molar-refractivity contribution in [3.63, 3.8) is 0 Å². The number of amides is 1. The monoisotopic (exact) mass is 142 g/mol. The van der Waals surface area contributed by atoms with E-state index in [4.69, 9.17) is 0 Å². The normalized spacial score (nSPS) is 32.2. The molecule has 1 rings (SSSR count). The Morgan fingerprint density at radius 3 is 2.80 bits per heavy atom. The summed E-state index contributed by atoms with van der Waals surface area (Å²) in [5, 5.41) is 6.13. The fraction of sp³-hybridized carbons (Fsp3) is 0.857. The van der Waals surface area contributed by atoms with Crippen molar-refractivity contribution in [3.8, 4) is 0 Å². The van der Waals surface area contributed by atoms with Gasteiger partial charge in [-0.2, -0.15) is 0 Å². The van der Waals surface area contributed by atoms with Crippen molar-refractivity contribution in [1.82, 2.24) is 10.6 Å². The van der Waals surface area contributed by atoms with Crippen LogP contribution in [0.4, 0.5) is 0 Å². The van der Waals surface area contributed by atoms with Crippen molar-refractivity contribution in [2.75, 3.05) is 6.54 Å². The number of carbonyl (C=O) groups is 1. The Kier molecular flexibility index (Phi) is 2.27. The Labute approximate surface area is 61.2 Å². The molecule has 1 saturated heterocycles. The molecule has 2 atom stereocenters. The lowest BCUT2D eigenvalue weighted by Gasteiger charge is -2.07. The predicted molar refractivity (Wildman–Crippen MR) is 39.7 cm³/mol. The summed E-state index contributed by atoms with van der Waals surface area (Å²) in [6.07, 6.45) is 1.06. The van der Waals surface area contributed by atoms with Crippen LogP contribution in [0.2, 0.25) is 0 Å². The third-order valence-corrected chi connectivity index (χ3v) is 1.76. The SMILES string of the molecule is CC(=O)NC1CNC(C)C1. The first-order valence-corrected chi connectivity index (χ1v) is 3.69. The summed E-state index contributed by atoms with van der Waals surface area (Å²) >= 11 is 0. The van der Waals surface area contributed by atoms with Crippen LogP contribution in [0.15, 0.2) is 0 Å². The molecule has 0 saturated carbocycles. The van der Waals surface area contributed by atoms with E-state index in [2.05, 4.69) is 17.6 Å². The fourth-order valence-corrected chi connectivity index (χ4v) is 1.33. The van der Waals surface area contributed by atoms with Crippen molar-refractivity contribution in [1.29, 1.82) is 0 Å². The van der Waals surface area contributed by atoms with Gasteiger partial charge in [-0.1, -0.05) is 0 Å². The maximum Gasteiger partial charge on any atom is 0.217 e. The Hall–Kier alpha value is -0.570. The first-order valence-electron chi connectivity index (χ1n) is 3.69. The first-order chi connectivity index (χ1) is 4.68. The number of rotatable bonds is 1. The summed E-state index contributed by atoms with van der Waals surface area (Å²) in [5.74, 6) is 0.0703. The first kappa shape index (κ1) is 7.54. The number of hydrogen-bond acceptors (Lipinski definition) is 2. The second-order valence-electron chi connectivity index (χ2n) is 2.94. The van der Waals surface area contributed by atoms with Crippen LogP contribution in [-0.2, 0) is 4.79 Å². The average Bonchev–Trinajstić information content (AvgIpc) is 2.13. The van der Waals surface area contributed by atoms with E-state index in [1.807, 2.05) is 0 Å². The van der Waals surface area contributed by atoms with Crippen LogP contribution >= 0.6 is 0 Å². The molecule has 3 heteroatoms. The van der Waals surface area contributed by atoms with E-state index in [0.29, 0.717) is 12.1 Å². The van der Waals surface area contributed by atoms with E-state index in [1.165, 1.54) is 0 Å². The molecule has 58 valence electrons. The van der Waals surface area contributed by atoms with E-state index >= 15 is 0 Å². The molecule has 0 aromatic heterocycles. The summed E-state index contributed by atoms with van der Waals surface area (Å²) in [7, 11) is 0. The van der Waals surface area contributed by atoms with Gasteiger partial charge in [-0.3, -0.25) is 4.79 Å². The van der Waals surface area contributed by atoms with Gasteiger partial charge in [0.15, 0.2) is 0 Å². The molecule has 1 fully saturated rings. The van der Waals surface area contributed by atoms with Gasteiger partial charge in [0.25, 0.3) is 0 Å². The number of nitrogens with one attached hydrogen (secondary N) is 2. The average molecular weight is 142 g/mol. The minimum Gasteiger partial charge on any atom is -0.352 e. The van der Waals surface area contributed by atoms with Crippen LogP contribution < -0.4 is 10.6 Å². The van der Waals surface area contributed by atoms with Crippen molar-refractivity contribution in [3.05, 3.63) is 0 Å². The van der Waals surface area contributed by atoms with E-state index in [1.54, 1.807) is 6.92 Å². The molecule has 2 N–H and O–H groups in total. The van der Waals surface area contributed by atoms with Gasteiger partial charge < -0.3 is 10.6 Å². The molecular formula is C7H14N2O. The molecule has 1 heterocycles. The molecule has 1 aliphatic heterocycles. The van der Waals surface area contributed by atoms with E-state index in [0.717, 1.165) is 13.0 Å². The molecule has 1 amide bonds. The molecule has 2 unspecified atom stereocenters. The summed E-state index contributed by atoms with van der Waals surface area (Å²) in [5.41, 5.74) is 0. The van der Waals surface area contributed by atoms with E-state index in [9.17, 15) is 4.79 Å². The molecule has 0 radical (unpaired) electrons. The highest BCUT2D eigenvalue weighted by molar-refractivity contribution is 5.73. The van der Waals surface area contributed by atoms with Crippen molar-refractivity contribution in [2.24, 2.45) is 0 Å². The minimum absolute atomic E-state index is 0.0703. The quantitative estimate of drug-likeness (QED) is 0.535. The molecular weight excluding hydrogens is 128 g/mol. The lowest BCUT2D eigenvalue weighted by atomic mass is 10.2. The standard InChI is InChI=1S/C7H14N2O/c1-5-3-7(4-8-5)9-6(2)10/h5,7-8H,3-4H2,1-2H3,(H,9,10). The van der Waals surface area contributed by atoms with E-state index in [-0.39, 0.29) is 5.91 Å². The van der Waals surface area contributed by atoms with Crippen LogP contribution in [0.1, 0.15) is 20.3 Å². The molecule has 0 aliphatic carbocycles. The maximum absolute atomic E-state index is 10.6. The molecule has 0 aromatic carbocycles. The highest BCUT2D eigenvalue weighted by atomic mass is 16.1. The summed E-state index contributed by atoms with van der Waals surface area (Å²) < 4.78 is 0. The molecule has 0 aromatic rings. The minimum atomic E-state index is 0.0703. The van der Waals surface area contributed by atoms with Gasteiger partial charge in [-0.15, -0.1) is 0 Å². The van der Waals surface area contributed by atoms with Crippen LogP contribution in [0.5, 0.6) is 0 Å². The lowest BCUT2D eigenvalue weighted by Crippen LogP contribution is -2.34. The number of hydrogen-bond donors (Lipinski definition) is 2. The maximum atomic E-state index is 10.6. The molecule has 1 aliphatic rings. The van der Waals surface area contributed by atoms with Gasteiger partial charge in [0.1, 0.15) is 0 Å². The molecule has 3 nitrogen and oxygen atoms in total. The molecule has 10 heavy (non-hydrogen) atoms. The highest BCUT2D eigenvalue weighted by Crippen LogP contribution is 2.04. The number of carbonyl (C=O) groups excluding carboxylic acids is 1. The molecule has 0 spiro atoms. The fourth-order valence-electron chi connectivity index (χ4n) is 1.33. The van der Waals surface area contributed by atoms with E-state index < -0.39 is 0 Å². The van der Waals surface area contributed by atoms with Gasteiger partial charge in [0, 0.05) is 25.6 Å². The van der Waals surface area contributed by atoms with Gasteiger partial charge in [0.2, 0.25) is 5.91 Å². The van der Waals surface area contributed by atoms with Gasteiger partial charge in [-0.25, -0.2) is 0 Å². The zero-order valence-corrected chi connectivity index (χ0v) is 6.48. The van der Waals surface area contributed by atoms with Crippen LogP contribution in [0.3, 0.4) is 0 Å². The smallest absolute Gasteiger partial charge is 0.217 e. The van der Waals surface area contributed by atoms with Crippen LogP contribution in [0.25, 0.3) is 0 Å². The summed E-state index contributed by atoms with van der Waals surface area (Å²) in [6, 6.07) is 0.907. The third-order valence-electron chi connectivity index (χ3n) is 1.76. The highest BCUT2D eigenvalue weighted by Gasteiger charge is 2.20. The Bertz CT molecular complexity index is 136.